The van der Waals surface area contributed by atoms with Gasteiger partial charge in [-0.2, -0.15) is 0 Å². The Morgan fingerprint density at radius 2 is 2.44 bits per heavy atom. The van der Waals surface area contributed by atoms with E-state index in [0.29, 0.717) is 6.61 Å². The van der Waals surface area contributed by atoms with Crippen LogP contribution in [0.2, 0.25) is 0 Å². The van der Waals surface area contributed by atoms with Gasteiger partial charge in [0.25, 0.3) is 0 Å². The summed E-state index contributed by atoms with van der Waals surface area (Å²) < 4.78 is 4.55. The Labute approximate surface area is 62.1 Å². The molecule has 0 heterocycles. The van der Waals surface area contributed by atoms with Crippen LogP contribution in [0.5, 0.6) is 0 Å². The van der Waals surface area contributed by atoms with E-state index < -0.39 is 10.8 Å². The van der Waals surface area contributed by atoms with Gasteiger partial charge < -0.3 is 9.84 Å². The third-order valence-corrected chi connectivity index (χ3v) is 1.37. The molecule has 0 aliphatic rings. The van der Waals surface area contributed by atoms with E-state index in [2.05, 4.69) is 20.7 Å². The number of esters is 1. The van der Waals surface area contributed by atoms with E-state index in [4.69, 9.17) is 5.11 Å². The quantitative estimate of drug-likeness (QED) is 0.523. The van der Waals surface area contributed by atoms with Gasteiger partial charge in [0, 0.05) is 0 Å². The minimum absolute atomic E-state index is 0.223. The molecule has 0 bridgehead atoms. The molecule has 0 aromatic rings. The number of halogens is 1. The van der Waals surface area contributed by atoms with E-state index >= 15 is 0 Å². The van der Waals surface area contributed by atoms with Crippen LogP contribution >= 0.6 is 15.9 Å². The third-order valence-electron chi connectivity index (χ3n) is 0.703. The van der Waals surface area contributed by atoms with Gasteiger partial charge in [0.05, 0.1) is 13.2 Å². The summed E-state index contributed by atoms with van der Waals surface area (Å²) in [7, 11) is 0. The number of ether oxygens (including phenoxy) is 1. The van der Waals surface area contributed by atoms with Crippen LogP contribution in [0.1, 0.15) is 6.92 Å². The zero-order valence-electron chi connectivity index (χ0n) is 5.13. The van der Waals surface area contributed by atoms with Gasteiger partial charge in [0.1, 0.15) is 4.83 Å². The number of carbonyl (C=O) groups excluding carboxylic acids is 1. The molecule has 0 radical (unpaired) electrons. The van der Waals surface area contributed by atoms with Gasteiger partial charge >= 0.3 is 5.97 Å². The lowest BCUT2D eigenvalue weighted by atomic mass is 10.5. The monoisotopic (exact) mass is 196 g/mol. The number of aliphatic hydroxyl groups excluding tert-OH is 1. The molecule has 0 rings (SSSR count). The molecule has 1 atom stereocenters. The van der Waals surface area contributed by atoms with Crippen molar-refractivity contribution in [1.82, 2.24) is 0 Å². The van der Waals surface area contributed by atoms with Crippen LogP contribution in [0.3, 0.4) is 0 Å². The first-order valence-electron chi connectivity index (χ1n) is 2.64. The molecule has 0 amide bonds. The summed E-state index contributed by atoms with van der Waals surface area (Å²) in [6.45, 7) is 1.84. The van der Waals surface area contributed by atoms with Crippen molar-refractivity contribution in [2.75, 3.05) is 13.2 Å². The van der Waals surface area contributed by atoms with Crippen molar-refractivity contribution in [2.45, 2.75) is 11.8 Å². The lowest BCUT2D eigenvalue weighted by Crippen LogP contribution is -2.20. The third kappa shape index (κ3) is 3.48. The van der Waals surface area contributed by atoms with Crippen LogP contribution in [0.25, 0.3) is 0 Å². The number of hydrogen-bond donors (Lipinski definition) is 1. The number of aliphatic hydroxyl groups is 1. The van der Waals surface area contributed by atoms with Gasteiger partial charge in [-0.15, -0.1) is 0 Å². The summed E-state index contributed by atoms with van der Waals surface area (Å²) in [5, 5.41) is 8.38. The molecular weight excluding hydrogens is 188 g/mol. The van der Waals surface area contributed by atoms with Crippen molar-refractivity contribution in [3.8, 4) is 0 Å². The van der Waals surface area contributed by atoms with Gasteiger partial charge in [0.15, 0.2) is 0 Å². The highest BCUT2D eigenvalue weighted by atomic mass is 79.9. The minimum Gasteiger partial charge on any atom is -0.465 e. The van der Waals surface area contributed by atoms with Crippen molar-refractivity contribution >= 4 is 21.9 Å². The highest BCUT2D eigenvalue weighted by Gasteiger charge is 2.13. The molecule has 0 aliphatic carbocycles. The Morgan fingerprint density at radius 1 is 1.89 bits per heavy atom. The molecule has 0 aromatic heterocycles. The summed E-state index contributed by atoms with van der Waals surface area (Å²) in [6.07, 6.45) is 0. The van der Waals surface area contributed by atoms with Crippen molar-refractivity contribution in [2.24, 2.45) is 0 Å². The first kappa shape index (κ1) is 8.91. The standard InChI is InChI=1S/C5H9BrO3/c1-2-9-5(8)4(6)3-7/h4,7H,2-3H2,1H3. The average molecular weight is 197 g/mol. The van der Waals surface area contributed by atoms with E-state index in [1.807, 2.05) is 0 Å². The fraction of sp³-hybridized carbons (Fsp3) is 0.800. The molecule has 0 aliphatic heterocycles. The van der Waals surface area contributed by atoms with Crippen LogP contribution < -0.4 is 0 Å². The molecule has 54 valence electrons. The van der Waals surface area contributed by atoms with Crippen LogP contribution in [0.15, 0.2) is 0 Å². The van der Waals surface area contributed by atoms with Gasteiger partial charge in [-0.25, -0.2) is 0 Å². The normalized spacial score (nSPS) is 12.8. The summed E-state index contributed by atoms with van der Waals surface area (Å²) in [6, 6.07) is 0. The second-order valence-corrected chi connectivity index (χ2v) is 2.51. The predicted molar refractivity (Wildman–Crippen MR) is 36.4 cm³/mol. The zero-order valence-corrected chi connectivity index (χ0v) is 6.72. The zero-order chi connectivity index (χ0) is 7.28. The molecule has 1 N–H and O–H groups in total. The second kappa shape index (κ2) is 4.76. The van der Waals surface area contributed by atoms with E-state index in [9.17, 15) is 4.79 Å². The fourth-order valence-electron chi connectivity index (χ4n) is 0.307. The minimum atomic E-state index is -0.572. The lowest BCUT2D eigenvalue weighted by molar-refractivity contribution is -0.142. The number of rotatable bonds is 3. The van der Waals surface area contributed by atoms with E-state index in [1.165, 1.54) is 0 Å². The molecule has 4 heteroatoms. The van der Waals surface area contributed by atoms with Crippen molar-refractivity contribution < 1.29 is 14.6 Å². The summed E-state index contributed by atoms with van der Waals surface area (Å²) >= 11 is 2.92. The Morgan fingerprint density at radius 3 is 2.78 bits per heavy atom. The largest absolute Gasteiger partial charge is 0.465 e. The Kier molecular flexibility index (Phi) is 4.71. The van der Waals surface area contributed by atoms with Gasteiger partial charge in [-0.3, -0.25) is 4.79 Å². The van der Waals surface area contributed by atoms with Crippen LogP contribution in [0, 0.1) is 0 Å². The van der Waals surface area contributed by atoms with Crippen LogP contribution in [-0.2, 0) is 9.53 Å². The van der Waals surface area contributed by atoms with E-state index in [-0.39, 0.29) is 6.61 Å². The molecule has 0 aromatic carbocycles. The molecular formula is C5H9BrO3. The number of alkyl halides is 1. The van der Waals surface area contributed by atoms with Crippen molar-refractivity contribution in [1.29, 1.82) is 0 Å². The maximum Gasteiger partial charge on any atom is 0.322 e. The molecule has 0 saturated heterocycles. The van der Waals surface area contributed by atoms with Gasteiger partial charge in [-0.05, 0) is 6.92 Å². The summed E-state index contributed by atoms with van der Waals surface area (Å²) in [4.78, 5) is 9.97. The first-order chi connectivity index (χ1) is 4.22. The molecule has 9 heavy (non-hydrogen) atoms. The van der Waals surface area contributed by atoms with E-state index in [1.54, 1.807) is 6.92 Å². The Hall–Kier alpha value is -0.0900. The van der Waals surface area contributed by atoms with Crippen molar-refractivity contribution in [3.05, 3.63) is 0 Å². The topological polar surface area (TPSA) is 46.5 Å². The summed E-state index contributed by atoms with van der Waals surface area (Å²) in [5.74, 6) is -0.417. The maximum atomic E-state index is 10.5. The van der Waals surface area contributed by atoms with Gasteiger partial charge in [-0.1, -0.05) is 15.9 Å². The smallest absolute Gasteiger partial charge is 0.322 e. The molecule has 0 spiro atoms. The molecule has 0 saturated carbocycles. The average Bonchev–Trinajstić information content (AvgIpc) is 1.87. The number of carbonyl (C=O) groups is 1. The maximum absolute atomic E-state index is 10.5. The fourth-order valence-corrected chi connectivity index (χ4v) is 0.439. The first-order valence-corrected chi connectivity index (χ1v) is 3.55. The van der Waals surface area contributed by atoms with Crippen molar-refractivity contribution in [3.63, 3.8) is 0 Å². The summed E-state index contributed by atoms with van der Waals surface area (Å²) in [5.41, 5.74) is 0. The SMILES string of the molecule is CCOC(=O)C(Br)CO. The molecule has 0 fully saturated rings. The van der Waals surface area contributed by atoms with E-state index in [0.717, 1.165) is 0 Å². The number of hydrogen-bond acceptors (Lipinski definition) is 3. The highest BCUT2D eigenvalue weighted by molar-refractivity contribution is 9.10. The highest BCUT2D eigenvalue weighted by Crippen LogP contribution is 1.99. The van der Waals surface area contributed by atoms with Crippen LogP contribution in [0.4, 0.5) is 0 Å². The molecule has 1 unspecified atom stereocenters. The second-order valence-electron chi connectivity index (χ2n) is 1.40. The molecule has 3 nitrogen and oxygen atoms in total. The predicted octanol–water partition coefficient (Wildman–Crippen LogP) is 0.305. The Bertz CT molecular complexity index is 94.2. The lowest BCUT2D eigenvalue weighted by Gasteiger charge is -2.03. The van der Waals surface area contributed by atoms with Crippen LogP contribution in [-0.4, -0.2) is 29.1 Å². The van der Waals surface area contributed by atoms with Gasteiger partial charge in [0.2, 0.25) is 0 Å². The Balaban J connectivity index is 3.46.